The lowest BCUT2D eigenvalue weighted by Gasteiger charge is -2.13. The molecule has 4 aromatic rings. The average Bonchev–Trinajstić information content (AvgIpc) is 3.11. The molecule has 140 valence electrons. The predicted molar refractivity (Wildman–Crippen MR) is 103 cm³/mol. The molecule has 0 fully saturated rings. The molecule has 0 amide bonds. The molecule has 0 saturated carbocycles. The number of halogens is 1. The summed E-state index contributed by atoms with van der Waals surface area (Å²) in [7, 11) is 1.84. The van der Waals surface area contributed by atoms with Crippen LogP contribution in [-0.2, 0) is 13.6 Å². The molecule has 0 atom stereocenters. The number of carboxylic acids is 1. The van der Waals surface area contributed by atoms with Crippen molar-refractivity contribution in [3.63, 3.8) is 0 Å². The number of aromatic carboxylic acids is 1. The molecule has 0 unspecified atom stereocenters. The van der Waals surface area contributed by atoms with E-state index in [0.717, 1.165) is 16.7 Å². The molecule has 2 heterocycles. The van der Waals surface area contributed by atoms with Crippen molar-refractivity contribution in [3.05, 3.63) is 88.2 Å². The van der Waals surface area contributed by atoms with Crippen molar-refractivity contribution >= 4 is 16.9 Å². The number of hydrogen-bond donors (Lipinski definition) is 1. The Morgan fingerprint density at radius 2 is 1.86 bits per heavy atom. The average molecular weight is 377 g/mol. The first-order valence-electron chi connectivity index (χ1n) is 8.57. The van der Waals surface area contributed by atoms with Gasteiger partial charge in [0.1, 0.15) is 11.4 Å². The van der Waals surface area contributed by atoms with Gasteiger partial charge in [0.25, 0.3) is 0 Å². The number of aromatic nitrogens is 3. The highest BCUT2D eigenvalue weighted by atomic mass is 19.1. The second-order valence-electron chi connectivity index (χ2n) is 6.54. The highest BCUT2D eigenvalue weighted by molar-refractivity contribution is 5.92. The van der Waals surface area contributed by atoms with Crippen LogP contribution in [0.4, 0.5) is 4.39 Å². The molecule has 0 radical (unpaired) electrons. The van der Waals surface area contributed by atoms with Crippen LogP contribution in [0.3, 0.4) is 0 Å². The maximum Gasteiger partial charge on any atom is 0.341 e. The van der Waals surface area contributed by atoms with Crippen molar-refractivity contribution in [3.8, 4) is 11.1 Å². The largest absolute Gasteiger partial charge is 0.477 e. The number of fused-ring (bicyclic) bond motifs is 1. The van der Waals surface area contributed by atoms with E-state index in [9.17, 15) is 19.1 Å². The second-order valence-corrected chi connectivity index (χ2v) is 6.54. The molecule has 1 N–H and O–H groups in total. The first kappa shape index (κ1) is 17.7. The fraction of sp³-hybridized carbons (Fsp3) is 0.0952. The minimum absolute atomic E-state index is 0.0480. The highest BCUT2D eigenvalue weighted by Gasteiger charge is 2.17. The topological polar surface area (TPSA) is 77.1 Å². The number of aryl methyl sites for hydroxylation is 1. The van der Waals surface area contributed by atoms with Crippen molar-refractivity contribution < 1.29 is 14.3 Å². The van der Waals surface area contributed by atoms with Gasteiger partial charge in [-0.1, -0.05) is 30.3 Å². The van der Waals surface area contributed by atoms with Gasteiger partial charge < -0.3 is 9.67 Å². The molecular weight excluding hydrogens is 361 g/mol. The van der Waals surface area contributed by atoms with Gasteiger partial charge in [-0.2, -0.15) is 5.10 Å². The molecule has 0 aliphatic rings. The molecular formula is C21H16FN3O3. The van der Waals surface area contributed by atoms with Crippen LogP contribution in [0.5, 0.6) is 0 Å². The van der Waals surface area contributed by atoms with E-state index in [0.29, 0.717) is 0 Å². The number of nitrogens with zero attached hydrogens (tertiary/aromatic N) is 3. The monoisotopic (exact) mass is 377 g/mol. The summed E-state index contributed by atoms with van der Waals surface area (Å²) in [6.45, 7) is 0.227. The minimum Gasteiger partial charge on any atom is -0.477 e. The molecule has 7 heteroatoms. The molecule has 0 bridgehead atoms. The Hall–Kier alpha value is -3.74. The van der Waals surface area contributed by atoms with E-state index in [4.69, 9.17) is 0 Å². The number of hydrogen-bond acceptors (Lipinski definition) is 3. The Morgan fingerprint density at radius 3 is 2.50 bits per heavy atom. The summed E-state index contributed by atoms with van der Waals surface area (Å²) in [6, 6.07) is 11.7. The van der Waals surface area contributed by atoms with Crippen LogP contribution in [0.15, 0.2) is 65.8 Å². The van der Waals surface area contributed by atoms with Gasteiger partial charge in [0.05, 0.1) is 11.7 Å². The van der Waals surface area contributed by atoms with Crippen molar-refractivity contribution in [2.75, 3.05) is 0 Å². The maximum atomic E-state index is 14.4. The normalized spacial score (nSPS) is 11.1. The van der Waals surface area contributed by atoms with Gasteiger partial charge in [-0.3, -0.25) is 9.48 Å². The smallest absolute Gasteiger partial charge is 0.341 e. The van der Waals surface area contributed by atoms with Gasteiger partial charge in [0, 0.05) is 36.9 Å². The van der Waals surface area contributed by atoms with E-state index < -0.39 is 17.2 Å². The number of pyridine rings is 1. The zero-order valence-electron chi connectivity index (χ0n) is 15.0. The molecule has 0 aliphatic carbocycles. The van der Waals surface area contributed by atoms with Gasteiger partial charge >= 0.3 is 5.97 Å². The van der Waals surface area contributed by atoms with Gasteiger partial charge in [0.15, 0.2) is 0 Å². The van der Waals surface area contributed by atoms with E-state index in [-0.39, 0.29) is 23.0 Å². The molecule has 4 rings (SSSR count). The fourth-order valence-corrected chi connectivity index (χ4v) is 3.26. The van der Waals surface area contributed by atoms with Crippen LogP contribution in [0, 0.1) is 5.82 Å². The fourth-order valence-electron chi connectivity index (χ4n) is 3.26. The summed E-state index contributed by atoms with van der Waals surface area (Å²) in [6.07, 6.45) is 4.86. The number of para-hydroxylation sites is 1. The third-order valence-electron chi connectivity index (χ3n) is 4.62. The van der Waals surface area contributed by atoms with E-state index in [1.165, 1.54) is 29.0 Å². The SMILES string of the molecule is Cn1cc(-c2ccc(Cn3cc(C(=O)O)c(=O)c4cccc(F)c43)cc2)cn1. The van der Waals surface area contributed by atoms with Crippen LogP contribution in [0.2, 0.25) is 0 Å². The number of benzene rings is 2. The Labute approximate surface area is 159 Å². The van der Waals surface area contributed by atoms with E-state index in [1.54, 1.807) is 10.9 Å². The van der Waals surface area contributed by atoms with E-state index in [1.807, 2.05) is 37.5 Å². The maximum absolute atomic E-state index is 14.4. The summed E-state index contributed by atoms with van der Waals surface area (Å²) in [5.74, 6) is -1.91. The van der Waals surface area contributed by atoms with Crippen LogP contribution in [0.1, 0.15) is 15.9 Å². The Morgan fingerprint density at radius 1 is 1.11 bits per heavy atom. The summed E-state index contributed by atoms with van der Waals surface area (Å²) in [4.78, 5) is 23.8. The van der Waals surface area contributed by atoms with E-state index >= 15 is 0 Å². The lowest BCUT2D eigenvalue weighted by Crippen LogP contribution is -2.19. The third kappa shape index (κ3) is 3.07. The predicted octanol–water partition coefficient (Wildman–Crippen LogP) is 3.29. The van der Waals surface area contributed by atoms with Crippen molar-refractivity contribution in [2.24, 2.45) is 7.05 Å². The molecule has 28 heavy (non-hydrogen) atoms. The third-order valence-corrected chi connectivity index (χ3v) is 4.62. The van der Waals surface area contributed by atoms with Gasteiger partial charge in [-0.05, 0) is 23.3 Å². The van der Waals surface area contributed by atoms with Crippen molar-refractivity contribution in [2.45, 2.75) is 6.54 Å². The van der Waals surface area contributed by atoms with Crippen LogP contribution in [0.25, 0.3) is 22.0 Å². The summed E-state index contributed by atoms with van der Waals surface area (Å²) < 4.78 is 17.6. The Kier molecular flexibility index (Phi) is 4.27. The molecule has 0 spiro atoms. The zero-order chi connectivity index (χ0) is 19.8. The minimum atomic E-state index is -1.34. The standard InChI is InChI=1S/C21H16FN3O3/c1-24-11-15(9-23-24)14-7-5-13(6-8-14)10-25-12-17(21(27)28)20(26)16-3-2-4-18(22)19(16)25/h2-9,11-12H,10H2,1H3,(H,27,28). The van der Waals surface area contributed by atoms with Crippen LogP contribution < -0.4 is 5.43 Å². The molecule has 0 saturated heterocycles. The summed E-state index contributed by atoms with van der Waals surface area (Å²) in [5, 5.41) is 13.5. The number of carbonyl (C=O) groups is 1. The van der Waals surface area contributed by atoms with Crippen molar-refractivity contribution in [1.82, 2.24) is 14.3 Å². The van der Waals surface area contributed by atoms with Gasteiger partial charge in [-0.15, -0.1) is 0 Å². The molecule has 6 nitrogen and oxygen atoms in total. The molecule has 2 aromatic heterocycles. The Balaban J connectivity index is 1.78. The quantitative estimate of drug-likeness (QED) is 0.592. The molecule has 0 aliphatic heterocycles. The van der Waals surface area contributed by atoms with E-state index in [2.05, 4.69) is 5.10 Å². The lowest BCUT2D eigenvalue weighted by molar-refractivity contribution is 0.0695. The highest BCUT2D eigenvalue weighted by Crippen LogP contribution is 2.21. The van der Waals surface area contributed by atoms with Gasteiger partial charge in [-0.25, -0.2) is 9.18 Å². The first-order chi connectivity index (χ1) is 13.4. The summed E-state index contributed by atoms with van der Waals surface area (Å²) >= 11 is 0. The lowest BCUT2D eigenvalue weighted by atomic mass is 10.1. The van der Waals surface area contributed by atoms with Crippen LogP contribution in [-0.4, -0.2) is 25.4 Å². The summed E-state index contributed by atoms with van der Waals surface area (Å²) in [5.41, 5.74) is 1.82. The first-order valence-corrected chi connectivity index (χ1v) is 8.57. The number of rotatable bonds is 4. The zero-order valence-corrected chi connectivity index (χ0v) is 15.0. The number of carboxylic acid groups (broad SMARTS) is 1. The van der Waals surface area contributed by atoms with Gasteiger partial charge in [0.2, 0.25) is 5.43 Å². The second kappa shape index (κ2) is 6.77. The van der Waals surface area contributed by atoms with Crippen LogP contribution >= 0.6 is 0 Å². The van der Waals surface area contributed by atoms with Crippen molar-refractivity contribution in [1.29, 1.82) is 0 Å². The molecule has 2 aromatic carbocycles. The Bertz CT molecular complexity index is 1260.